The molecule has 0 fully saturated rings. The molecule has 4 heteroatoms. The molecular weight excluding hydrogens is 200 g/mol. The molecule has 0 atom stereocenters. The highest BCUT2D eigenvalue weighted by Crippen LogP contribution is 2.25. The number of hydrogen-bond acceptors (Lipinski definition) is 3. The molecule has 1 aliphatic rings. The normalized spacial score (nSPS) is 17.6. The van der Waals surface area contributed by atoms with E-state index in [2.05, 4.69) is 37.4 Å². The first-order valence-corrected chi connectivity index (χ1v) is 5.92. The molecule has 0 aromatic carbocycles. The van der Waals surface area contributed by atoms with Crippen LogP contribution >= 0.6 is 0 Å². The van der Waals surface area contributed by atoms with E-state index in [-0.39, 0.29) is 5.54 Å². The highest BCUT2D eigenvalue weighted by atomic mass is 15.3. The first-order valence-electron chi connectivity index (χ1n) is 5.92. The van der Waals surface area contributed by atoms with Gasteiger partial charge >= 0.3 is 0 Å². The first kappa shape index (κ1) is 11.6. The van der Waals surface area contributed by atoms with E-state index in [9.17, 15) is 0 Å². The molecule has 90 valence electrons. The van der Waals surface area contributed by atoms with E-state index in [0.29, 0.717) is 6.54 Å². The predicted molar refractivity (Wildman–Crippen MR) is 65.2 cm³/mol. The van der Waals surface area contributed by atoms with Crippen LogP contribution in [0, 0.1) is 0 Å². The Balaban J connectivity index is 2.49. The van der Waals surface area contributed by atoms with Gasteiger partial charge in [0.1, 0.15) is 0 Å². The zero-order chi connectivity index (χ0) is 11.9. The van der Waals surface area contributed by atoms with Gasteiger partial charge in [-0.15, -0.1) is 0 Å². The molecule has 0 saturated heterocycles. The Morgan fingerprint density at radius 3 is 2.62 bits per heavy atom. The highest BCUT2D eigenvalue weighted by Gasteiger charge is 2.26. The highest BCUT2D eigenvalue weighted by molar-refractivity contribution is 5.29. The minimum Gasteiger partial charge on any atom is -0.325 e. The van der Waals surface area contributed by atoms with Gasteiger partial charge in [-0.2, -0.15) is 5.10 Å². The Morgan fingerprint density at radius 1 is 1.38 bits per heavy atom. The van der Waals surface area contributed by atoms with Gasteiger partial charge in [0, 0.05) is 31.6 Å². The van der Waals surface area contributed by atoms with Gasteiger partial charge in [0.2, 0.25) is 0 Å². The van der Waals surface area contributed by atoms with E-state index in [4.69, 9.17) is 10.8 Å². The molecular formula is C12H22N4. The summed E-state index contributed by atoms with van der Waals surface area (Å²) in [6.45, 7) is 9.18. The van der Waals surface area contributed by atoms with Gasteiger partial charge in [-0.3, -0.25) is 4.68 Å². The van der Waals surface area contributed by atoms with Crippen molar-refractivity contribution in [1.29, 1.82) is 0 Å². The fourth-order valence-corrected chi connectivity index (χ4v) is 2.33. The Kier molecular flexibility index (Phi) is 2.80. The minimum atomic E-state index is 0.0185. The Hall–Kier alpha value is -0.870. The lowest BCUT2D eigenvalue weighted by molar-refractivity contribution is 0.310. The molecule has 0 spiro atoms. The van der Waals surface area contributed by atoms with E-state index in [1.54, 1.807) is 0 Å². The molecule has 2 rings (SSSR count). The first-order chi connectivity index (χ1) is 7.43. The molecule has 16 heavy (non-hydrogen) atoms. The molecule has 1 aromatic rings. The lowest BCUT2D eigenvalue weighted by Crippen LogP contribution is -2.28. The quantitative estimate of drug-likeness (QED) is 0.773. The van der Waals surface area contributed by atoms with Crippen LogP contribution in [0.5, 0.6) is 0 Å². The van der Waals surface area contributed by atoms with E-state index in [1.807, 2.05) is 0 Å². The molecule has 2 N–H and O–H groups in total. The second kappa shape index (κ2) is 3.86. The number of nitrogens with zero attached hydrogens (tertiary/aromatic N) is 3. The second-order valence-electron chi connectivity index (χ2n) is 5.65. The summed E-state index contributed by atoms with van der Waals surface area (Å²) in [4.78, 5) is 2.33. The van der Waals surface area contributed by atoms with Gasteiger partial charge in [0.25, 0.3) is 0 Å². The topological polar surface area (TPSA) is 47.1 Å². The van der Waals surface area contributed by atoms with Crippen LogP contribution in [0.4, 0.5) is 0 Å². The minimum absolute atomic E-state index is 0.0185. The number of fused-ring (bicyclic) bond motifs is 1. The number of aromatic nitrogens is 2. The van der Waals surface area contributed by atoms with Crippen molar-refractivity contribution in [3.63, 3.8) is 0 Å². The van der Waals surface area contributed by atoms with E-state index < -0.39 is 0 Å². The number of likely N-dealkylation sites (N-methyl/N-ethyl adjacent to an activating group) is 1. The predicted octanol–water partition coefficient (Wildman–Crippen LogP) is 1.08. The van der Waals surface area contributed by atoms with Crippen molar-refractivity contribution in [2.75, 3.05) is 13.6 Å². The molecule has 4 nitrogen and oxygen atoms in total. The summed E-state index contributed by atoms with van der Waals surface area (Å²) in [7, 11) is 2.15. The van der Waals surface area contributed by atoms with Crippen LogP contribution in [0.15, 0.2) is 0 Å². The lowest BCUT2D eigenvalue weighted by atomic mass is 10.0. The third kappa shape index (κ3) is 1.87. The number of hydrogen-bond donors (Lipinski definition) is 1. The Bertz CT molecular complexity index is 386. The van der Waals surface area contributed by atoms with Gasteiger partial charge in [-0.05, 0) is 27.8 Å². The van der Waals surface area contributed by atoms with E-state index in [0.717, 1.165) is 19.5 Å². The molecule has 1 aliphatic heterocycles. The smallest absolute Gasteiger partial charge is 0.0686 e. The monoisotopic (exact) mass is 222 g/mol. The van der Waals surface area contributed by atoms with Crippen LogP contribution in [0.3, 0.4) is 0 Å². The van der Waals surface area contributed by atoms with Gasteiger partial charge < -0.3 is 10.6 Å². The zero-order valence-electron chi connectivity index (χ0n) is 10.7. The molecule has 0 saturated carbocycles. The third-order valence-electron chi connectivity index (χ3n) is 3.16. The third-order valence-corrected chi connectivity index (χ3v) is 3.16. The van der Waals surface area contributed by atoms with E-state index in [1.165, 1.54) is 17.0 Å². The lowest BCUT2D eigenvalue weighted by Gasteiger charge is -2.23. The zero-order valence-corrected chi connectivity index (χ0v) is 10.7. The maximum atomic E-state index is 5.88. The summed E-state index contributed by atoms with van der Waals surface area (Å²) in [5.41, 5.74) is 9.70. The van der Waals surface area contributed by atoms with Crippen LogP contribution in [0.2, 0.25) is 0 Å². The summed E-state index contributed by atoms with van der Waals surface area (Å²) in [6.07, 6.45) is 1.04. The fraction of sp³-hybridized carbons (Fsp3) is 0.750. The van der Waals surface area contributed by atoms with Crippen molar-refractivity contribution in [1.82, 2.24) is 14.7 Å². The number of rotatable bonds is 1. The Morgan fingerprint density at radius 2 is 2.06 bits per heavy atom. The largest absolute Gasteiger partial charge is 0.325 e. The van der Waals surface area contributed by atoms with Gasteiger partial charge in [-0.1, -0.05) is 0 Å². The van der Waals surface area contributed by atoms with Crippen molar-refractivity contribution in [3.05, 3.63) is 17.0 Å². The van der Waals surface area contributed by atoms with Crippen LogP contribution in [-0.4, -0.2) is 28.3 Å². The number of nitrogens with two attached hydrogens (primary N) is 1. The van der Waals surface area contributed by atoms with Crippen LogP contribution < -0.4 is 5.73 Å². The van der Waals surface area contributed by atoms with Crippen molar-refractivity contribution in [2.24, 2.45) is 5.73 Å². The summed E-state index contributed by atoms with van der Waals surface area (Å²) in [5, 5.41) is 4.74. The van der Waals surface area contributed by atoms with Crippen molar-refractivity contribution < 1.29 is 0 Å². The summed E-state index contributed by atoms with van der Waals surface area (Å²) >= 11 is 0. The second-order valence-corrected chi connectivity index (χ2v) is 5.65. The fourth-order valence-electron chi connectivity index (χ4n) is 2.33. The van der Waals surface area contributed by atoms with Crippen LogP contribution in [0.25, 0.3) is 0 Å². The van der Waals surface area contributed by atoms with Crippen LogP contribution in [-0.2, 0) is 25.0 Å². The summed E-state index contributed by atoms with van der Waals surface area (Å²) in [5.74, 6) is 0. The van der Waals surface area contributed by atoms with Gasteiger partial charge in [0.15, 0.2) is 0 Å². The summed E-state index contributed by atoms with van der Waals surface area (Å²) < 4.78 is 2.11. The summed E-state index contributed by atoms with van der Waals surface area (Å²) in [6, 6.07) is 0. The molecule has 0 unspecified atom stereocenters. The van der Waals surface area contributed by atoms with Gasteiger partial charge in [0.05, 0.1) is 16.9 Å². The van der Waals surface area contributed by atoms with E-state index >= 15 is 0 Å². The SMILES string of the molecule is CN1CCc2nn(C(C)(C)C)c(CN)c2C1. The molecule has 0 bridgehead atoms. The van der Waals surface area contributed by atoms with Crippen molar-refractivity contribution in [3.8, 4) is 0 Å². The average molecular weight is 222 g/mol. The van der Waals surface area contributed by atoms with Crippen molar-refractivity contribution in [2.45, 2.75) is 45.8 Å². The molecule has 1 aromatic heterocycles. The molecule has 2 heterocycles. The molecule has 0 aliphatic carbocycles. The standard InChI is InChI=1S/C12H22N4/c1-12(2,3)16-11(7-13)9-8-15(4)6-5-10(9)14-16/h5-8,13H2,1-4H3. The van der Waals surface area contributed by atoms with Crippen molar-refractivity contribution >= 4 is 0 Å². The maximum absolute atomic E-state index is 5.88. The maximum Gasteiger partial charge on any atom is 0.0686 e. The molecule has 0 amide bonds. The van der Waals surface area contributed by atoms with Crippen LogP contribution in [0.1, 0.15) is 37.7 Å². The Labute approximate surface area is 97.4 Å². The van der Waals surface area contributed by atoms with Gasteiger partial charge in [-0.25, -0.2) is 0 Å². The molecule has 0 radical (unpaired) electrons. The average Bonchev–Trinajstić information content (AvgIpc) is 2.54.